The number of allylic oxidation sites excluding steroid dienone is 1. The number of hydrogen-bond donors (Lipinski definition) is 2. The molecule has 29 heavy (non-hydrogen) atoms. The Kier molecular flexibility index (Phi) is 4.57. The van der Waals surface area contributed by atoms with E-state index in [2.05, 4.69) is 5.32 Å². The molecule has 0 saturated carbocycles. The minimum atomic E-state index is -0.854. The van der Waals surface area contributed by atoms with Crippen LogP contribution in [-0.2, 0) is 11.2 Å². The molecule has 2 heterocycles. The summed E-state index contributed by atoms with van der Waals surface area (Å²) in [6.07, 6.45) is 1.19. The van der Waals surface area contributed by atoms with Crippen LogP contribution in [0.1, 0.15) is 25.8 Å². The molecule has 2 N–H and O–H groups in total. The van der Waals surface area contributed by atoms with Crippen molar-refractivity contribution < 1.29 is 14.3 Å². The molecule has 0 amide bonds. The number of carbonyl (C=O) groups is 1. The first-order valence-electron chi connectivity index (χ1n) is 9.68. The Morgan fingerprint density at radius 3 is 2.38 bits per heavy atom. The second kappa shape index (κ2) is 6.95. The number of methoxy groups -OCH3 is 2. The Morgan fingerprint density at radius 2 is 1.79 bits per heavy atom. The van der Waals surface area contributed by atoms with Gasteiger partial charge in [0, 0.05) is 36.0 Å². The third-order valence-electron chi connectivity index (χ3n) is 5.92. The fraction of sp³-hybridized carbons (Fsp3) is 0.304. The van der Waals surface area contributed by atoms with Crippen molar-refractivity contribution >= 4 is 23.0 Å². The molecule has 2 aromatic carbocycles. The molecule has 0 aromatic heterocycles. The third-order valence-corrected chi connectivity index (χ3v) is 5.92. The molecule has 0 unspecified atom stereocenters. The van der Waals surface area contributed by atoms with Gasteiger partial charge in [0.2, 0.25) is 0 Å². The standard InChI is InChI=1S/C23H25N3O3/c1-5-23(2)21(27)20(19-10-14-8-6-7-9-18(14)25-19)22(24)26(23)15-11-16(28-3)13-17(12-15)29-4/h6-9,11-13,24-25H,5,10H2,1-4H3/t23-/m0/s1. The van der Waals surface area contributed by atoms with Crippen LogP contribution >= 0.6 is 0 Å². The average Bonchev–Trinajstić information content (AvgIpc) is 3.24. The van der Waals surface area contributed by atoms with Gasteiger partial charge in [0.25, 0.3) is 0 Å². The number of fused-ring (bicyclic) bond motifs is 1. The SMILES string of the molecule is CC[C@@]1(C)C(=O)C(=C2Cc3ccccc3N2)C(=N)N1c1cc(OC)cc(OC)c1. The van der Waals surface area contributed by atoms with E-state index in [0.29, 0.717) is 35.6 Å². The number of Topliss-reactive ketones (excluding diaryl/α,β-unsaturated/α-hetero) is 1. The average molecular weight is 391 g/mol. The summed E-state index contributed by atoms with van der Waals surface area (Å²) in [5.74, 6) is 1.39. The summed E-state index contributed by atoms with van der Waals surface area (Å²) in [6, 6.07) is 13.4. The Labute approximate surface area is 170 Å². The first-order chi connectivity index (χ1) is 13.9. The minimum Gasteiger partial charge on any atom is -0.497 e. The largest absolute Gasteiger partial charge is 0.497 e. The second-order valence-corrected chi connectivity index (χ2v) is 7.52. The normalized spacial score (nSPS) is 23.2. The van der Waals surface area contributed by atoms with E-state index in [1.165, 1.54) is 0 Å². The number of amidine groups is 1. The molecule has 2 aromatic rings. The van der Waals surface area contributed by atoms with Gasteiger partial charge in [-0.3, -0.25) is 10.2 Å². The lowest BCUT2D eigenvalue weighted by Crippen LogP contribution is -2.46. The molecule has 0 radical (unpaired) electrons. The van der Waals surface area contributed by atoms with Gasteiger partial charge in [0.15, 0.2) is 5.78 Å². The van der Waals surface area contributed by atoms with Crippen LogP contribution in [0.3, 0.4) is 0 Å². The molecule has 1 fully saturated rings. The lowest BCUT2D eigenvalue weighted by Gasteiger charge is -2.33. The van der Waals surface area contributed by atoms with Crippen LogP contribution in [0.2, 0.25) is 0 Å². The van der Waals surface area contributed by atoms with Crippen LogP contribution in [0.15, 0.2) is 53.7 Å². The molecule has 0 spiro atoms. The Morgan fingerprint density at radius 1 is 1.14 bits per heavy atom. The van der Waals surface area contributed by atoms with E-state index in [0.717, 1.165) is 16.9 Å². The lowest BCUT2D eigenvalue weighted by molar-refractivity contribution is -0.118. The smallest absolute Gasteiger partial charge is 0.193 e. The quantitative estimate of drug-likeness (QED) is 0.766. The fourth-order valence-electron chi connectivity index (χ4n) is 4.12. The summed E-state index contributed by atoms with van der Waals surface area (Å²) in [5, 5.41) is 12.3. The van der Waals surface area contributed by atoms with Gasteiger partial charge in [-0.25, -0.2) is 0 Å². The van der Waals surface area contributed by atoms with Crippen molar-refractivity contribution in [3.63, 3.8) is 0 Å². The Hall–Kier alpha value is -3.28. The van der Waals surface area contributed by atoms with E-state index >= 15 is 0 Å². The van der Waals surface area contributed by atoms with E-state index in [-0.39, 0.29) is 11.6 Å². The first-order valence-corrected chi connectivity index (χ1v) is 9.68. The summed E-state index contributed by atoms with van der Waals surface area (Å²) in [7, 11) is 3.18. The Balaban J connectivity index is 1.84. The zero-order valence-electron chi connectivity index (χ0n) is 17.1. The van der Waals surface area contributed by atoms with Crippen LogP contribution in [0.4, 0.5) is 11.4 Å². The van der Waals surface area contributed by atoms with Crippen LogP contribution in [0.25, 0.3) is 0 Å². The van der Waals surface area contributed by atoms with Crippen LogP contribution in [-0.4, -0.2) is 31.4 Å². The molecular weight excluding hydrogens is 366 g/mol. The van der Waals surface area contributed by atoms with E-state index in [4.69, 9.17) is 14.9 Å². The number of nitrogens with zero attached hydrogens (tertiary/aromatic N) is 1. The molecule has 1 atom stereocenters. The third kappa shape index (κ3) is 2.87. The molecule has 6 heteroatoms. The molecule has 150 valence electrons. The van der Waals surface area contributed by atoms with Crippen LogP contribution in [0.5, 0.6) is 11.5 Å². The van der Waals surface area contributed by atoms with Crippen molar-refractivity contribution in [3.05, 3.63) is 59.3 Å². The Bertz CT molecular complexity index is 994. The summed E-state index contributed by atoms with van der Waals surface area (Å²) in [6.45, 7) is 3.87. The number of hydrogen-bond acceptors (Lipinski definition) is 5. The highest BCUT2D eigenvalue weighted by atomic mass is 16.5. The minimum absolute atomic E-state index is 0.0397. The van der Waals surface area contributed by atoms with Gasteiger partial charge >= 0.3 is 0 Å². The van der Waals surface area contributed by atoms with Gasteiger partial charge in [-0.15, -0.1) is 0 Å². The maximum atomic E-state index is 13.6. The number of ketones is 1. The van der Waals surface area contributed by atoms with Gasteiger partial charge < -0.3 is 19.7 Å². The van der Waals surface area contributed by atoms with Gasteiger partial charge in [-0.05, 0) is 25.0 Å². The molecule has 6 nitrogen and oxygen atoms in total. The summed E-state index contributed by atoms with van der Waals surface area (Å²) < 4.78 is 10.8. The zero-order chi connectivity index (χ0) is 20.8. The van der Waals surface area contributed by atoms with Crippen LogP contribution < -0.4 is 19.7 Å². The molecule has 2 aliphatic heterocycles. The monoisotopic (exact) mass is 391 g/mol. The molecule has 0 aliphatic carbocycles. The molecule has 1 saturated heterocycles. The van der Waals surface area contributed by atoms with Gasteiger partial charge in [-0.2, -0.15) is 0 Å². The van der Waals surface area contributed by atoms with Crippen molar-refractivity contribution in [3.8, 4) is 11.5 Å². The first kappa shape index (κ1) is 19.1. The van der Waals surface area contributed by atoms with Crippen molar-refractivity contribution in [2.45, 2.75) is 32.2 Å². The number of benzene rings is 2. The maximum Gasteiger partial charge on any atom is 0.193 e. The highest BCUT2D eigenvalue weighted by Crippen LogP contribution is 2.42. The lowest BCUT2D eigenvalue weighted by atomic mass is 9.91. The summed E-state index contributed by atoms with van der Waals surface area (Å²) in [4.78, 5) is 15.4. The molecule has 4 rings (SSSR count). The molecule has 0 bridgehead atoms. The number of nitrogens with one attached hydrogen (secondary N) is 2. The van der Waals surface area contributed by atoms with Crippen molar-refractivity contribution in [1.29, 1.82) is 5.41 Å². The summed E-state index contributed by atoms with van der Waals surface area (Å²) in [5.41, 5.74) is 3.22. The van der Waals surface area contributed by atoms with E-state index < -0.39 is 5.54 Å². The van der Waals surface area contributed by atoms with Gasteiger partial charge in [0.05, 0.1) is 25.5 Å². The highest BCUT2D eigenvalue weighted by molar-refractivity contribution is 6.36. The number of ether oxygens (including phenoxy) is 2. The number of para-hydroxylation sites is 1. The number of rotatable bonds is 4. The predicted molar refractivity (Wildman–Crippen MR) is 114 cm³/mol. The predicted octanol–water partition coefficient (Wildman–Crippen LogP) is 4.16. The highest BCUT2D eigenvalue weighted by Gasteiger charge is 2.51. The van der Waals surface area contributed by atoms with E-state index in [1.807, 2.05) is 50.2 Å². The molecular formula is C23H25N3O3. The van der Waals surface area contributed by atoms with Gasteiger partial charge in [-0.1, -0.05) is 25.1 Å². The van der Waals surface area contributed by atoms with Gasteiger partial charge in [0.1, 0.15) is 22.9 Å². The van der Waals surface area contributed by atoms with E-state index in [9.17, 15) is 4.79 Å². The zero-order valence-corrected chi connectivity index (χ0v) is 17.1. The van der Waals surface area contributed by atoms with Crippen molar-refractivity contribution in [2.24, 2.45) is 0 Å². The maximum absolute atomic E-state index is 13.6. The fourth-order valence-corrected chi connectivity index (χ4v) is 4.12. The number of anilines is 2. The van der Waals surface area contributed by atoms with Crippen LogP contribution in [0, 0.1) is 5.41 Å². The summed E-state index contributed by atoms with van der Waals surface area (Å²) >= 11 is 0. The molecule has 2 aliphatic rings. The topological polar surface area (TPSA) is 74.7 Å². The van der Waals surface area contributed by atoms with Crippen molar-refractivity contribution in [1.82, 2.24) is 0 Å². The second-order valence-electron chi connectivity index (χ2n) is 7.52. The van der Waals surface area contributed by atoms with Crippen molar-refractivity contribution in [2.75, 3.05) is 24.4 Å². The van der Waals surface area contributed by atoms with E-state index in [1.54, 1.807) is 25.2 Å². The number of carbonyl (C=O) groups excluding carboxylic acids is 1.